The van der Waals surface area contributed by atoms with Gasteiger partial charge in [0, 0.05) is 26.2 Å². The average molecular weight is 285 g/mol. The molecule has 4 heteroatoms. The van der Waals surface area contributed by atoms with Gasteiger partial charge in [-0.25, -0.2) is 0 Å². The highest BCUT2D eigenvalue weighted by atomic mass is 16.2. The first kappa shape index (κ1) is 15.5. The highest BCUT2D eigenvalue weighted by Crippen LogP contribution is 2.26. The van der Waals surface area contributed by atoms with Crippen LogP contribution in [0.25, 0.3) is 0 Å². The Morgan fingerprint density at radius 3 is 2.95 bits per heavy atom. The summed E-state index contributed by atoms with van der Waals surface area (Å²) in [5, 5.41) is 12.1. The van der Waals surface area contributed by atoms with Crippen molar-refractivity contribution < 1.29 is 4.79 Å². The Morgan fingerprint density at radius 1 is 1.48 bits per heavy atom. The van der Waals surface area contributed by atoms with Crippen molar-refractivity contribution in [1.29, 1.82) is 5.26 Å². The summed E-state index contributed by atoms with van der Waals surface area (Å²) < 4.78 is 0. The monoisotopic (exact) mass is 285 g/mol. The maximum Gasteiger partial charge on any atom is 0.231 e. The maximum atomic E-state index is 12.9. The maximum absolute atomic E-state index is 12.9. The minimum atomic E-state index is -0.132. The first-order valence-corrected chi connectivity index (χ1v) is 7.57. The van der Waals surface area contributed by atoms with Crippen LogP contribution in [0.5, 0.6) is 0 Å². The Labute approximate surface area is 126 Å². The van der Waals surface area contributed by atoms with Gasteiger partial charge in [-0.2, -0.15) is 5.26 Å². The van der Waals surface area contributed by atoms with E-state index in [1.54, 1.807) is 0 Å². The Hall–Kier alpha value is -1.86. The lowest BCUT2D eigenvalue weighted by Crippen LogP contribution is -2.43. The van der Waals surface area contributed by atoms with Gasteiger partial charge in [0.2, 0.25) is 5.91 Å². The molecule has 0 bridgehead atoms. The van der Waals surface area contributed by atoms with Crippen molar-refractivity contribution in [2.45, 2.75) is 32.7 Å². The van der Waals surface area contributed by atoms with Crippen LogP contribution in [0.1, 0.15) is 37.3 Å². The first-order valence-electron chi connectivity index (χ1n) is 7.57. The Kier molecular flexibility index (Phi) is 5.35. The number of carbonyl (C=O) groups is 1. The van der Waals surface area contributed by atoms with Gasteiger partial charge in [-0.3, -0.25) is 4.79 Å². The summed E-state index contributed by atoms with van der Waals surface area (Å²) in [5.74, 6) is 0.408. The molecule has 2 rings (SSSR count). The van der Waals surface area contributed by atoms with Gasteiger partial charge < -0.3 is 10.2 Å². The highest BCUT2D eigenvalue weighted by molar-refractivity contribution is 5.84. The van der Waals surface area contributed by atoms with E-state index in [0.717, 1.165) is 12.1 Å². The van der Waals surface area contributed by atoms with Gasteiger partial charge in [0.05, 0.1) is 18.4 Å². The third kappa shape index (κ3) is 3.83. The van der Waals surface area contributed by atoms with Crippen LogP contribution in [0.4, 0.5) is 0 Å². The van der Waals surface area contributed by atoms with Gasteiger partial charge in [-0.1, -0.05) is 38.1 Å². The van der Waals surface area contributed by atoms with Crippen LogP contribution in [0.15, 0.2) is 24.3 Å². The summed E-state index contributed by atoms with van der Waals surface area (Å²) in [6.07, 6.45) is 0.389. The van der Waals surface area contributed by atoms with Crippen molar-refractivity contribution in [3.63, 3.8) is 0 Å². The molecule has 0 aliphatic carbocycles. The summed E-state index contributed by atoms with van der Waals surface area (Å²) in [7, 11) is 0. The molecule has 1 aliphatic rings. The zero-order valence-corrected chi connectivity index (χ0v) is 12.8. The summed E-state index contributed by atoms with van der Waals surface area (Å²) in [6, 6.07) is 10.3. The molecule has 112 valence electrons. The predicted molar refractivity (Wildman–Crippen MR) is 82.5 cm³/mol. The minimum absolute atomic E-state index is 0.132. The summed E-state index contributed by atoms with van der Waals surface area (Å²) in [5.41, 5.74) is 2.33. The Bertz CT molecular complexity index is 533. The molecule has 1 N–H and O–H groups in total. The van der Waals surface area contributed by atoms with E-state index in [1.807, 2.05) is 17.0 Å². The second-order valence-corrected chi connectivity index (χ2v) is 5.97. The normalized spacial score (nSPS) is 17.1. The number of nitrogens with zero attached hydrogens (tertiary/aromatic N) is 2. The van der Waals surface area contributed by atoms with Crippen molar-refractivity contribution in [1.82, 2.24) is 10.2 Å². The molecular formula is C17H23N3O. The number of hydrogen-bond donors (Lipinski definition) is 1. The van der Waals surface area contributed by atoms with E-state index in [-0.39, 0.29) is 11.8 Å². The van der Waals surface area contributed by atoms with E-state index in [4.69, 9.17) is 5.26 Å². The minimum Gasteiger partial charge on any atom is -0.341 e. The second kappa shape index (κ2) is 7.24. The zero-order chi connectivity index (χ0) is 15.2. The fourth-order valence-electron chi connectivity index (χ4n) is 2.85. The molecule has 1 aromatic rings. The number of hydrogen-bond acceptors (Lipinski definition) is 3. The fraction of sp³-hybridized carbons (Fsp3) is 0.529. The lowest BCUT2D eigenvalue weighted by molar-refractivity contribution is -0.133. The van der Waals surface area contributed by atoms with Crippen molar-refractivity contribution >= 4 is 5.91 Å². The highest BCUT2D eigenvalue weighted by Gasteiger charge is 2.29. The molecule has 1 aromatic carbocycles. The predicted octanol–water partition coefficient (Wildman–Crippen LogP) is 2.27. The number of rotatable bonds is 5. The third-order valence-corrected chi connectivity index (χ3v) is 3.78. The standard InChI is InChI=1S/C17H23N3O/c1-13(2)12-20(9-5-8-18)17(21)16-11-19-10-14-6-3-4-7-15(14)16/h3-4,6-7,13,16,19H,5,9-12H2,1-2H3. The number of fused-ring (bicyclic) bond motifs is 1. The molecule has 1 unspecified atom stereocenters. The molecule has 1 heterocycles. The van der Waals surface area contributed by atoms with Crippen LogP contribution in [-0.4, -0.2) is 30.4 Å². The van der Waals surface area contributed by atoms with Gasteiger partial charge >= 0.3 is 0 Å². The van der Waals surface area contributed by atoms with E-state index in [9.17, 15) is 4.79 Å². The molecule has 1 atom stereocenters. The molecule has 0 fully saturated rings. The van der Waals surface area contributed by atoms with Gasteiger partial charge in [-0.15, -0.1) is 0 Å². The molecular weight excluding hydrogens is 262 g/mol. The van der Waals surface area contributed by atoms with E-state index < -0.39 is 0 Å². The molecule has 21 heavy (non-hydrogen) atoms. The van der Waals surface area contributed by atoms with Crippen molar-refractivity contribution in [3.05, 3.63) is 35.4 Å². The number of amides is 1. The number of nitrogens with one attached hydrogen (secondary N) is 1. The third-order valence-electron chi connectivity index (χ3n) is 3.78. The molecule has 0 aromatic heterocycles. The van der Waals surface area contributed by atoms with Crippen molar-refractivity contribution in [2.24, 2.45) is 5.92 Å². The van der Waals surface area contributed by atoms with Crippen LogP contribution in [0.2, 0.25) is 0 Å². The molecule has 1 aliphatic heterocycles. The largest absolute Gasteiger partial charge is 0.341 e. The average Bonchev–Trinajstić information content (AvgIpc) is 2.50. The molecule has 1 amide bonds. The van der Waals surface area contributed by atoms with Crippen LogP contribution in [-0.2, 0) is 11.3 Å². The molecule has 0 spiro atoms. The van der Waals surface area contributed by atoms with Gasteiger partial charge in [0.25, 0.3) is 0 Å². The van der Waals surface area contributed by atoms with E-state index in [2.05, 4.69) is 37.4 Å². The van der Waals surface area contributed by atoms with Crippen LogP contribution >= 0.6 is 0 Å². The van der Waals surface area contributed by atoms with E-state index in [0.29, 0.717) is 32.0 Å². The number of benzene rings is 1. The smallest absolute Gasteiger partial charge is 0.231 e. The lowest BCUT2D eigenvalue weighted by atomic mass is 9.89. The van der Waals surface area contributed by atoms with Crippen molar-refractivity contribution in [3.8, 4) is 6.07 Å². The second-order valence-electron chi connectivity index (χ2n) is 5.97. The topological polar surface area (TPSA) is 56.1 Å². The van der Waals surface area contributed by atoms with Crippen molar-refractivity contribution in [2.75, 3.05) is 19.6 Å². The van der Waals surface area contributed by atoms with Crippen LogP contribution < -0.4 is 5.32 Å². The summed E-state index contributed by atoms with van der Waals surface area (Å²) >= 11 is 0. The van der Waals surface area contributed by atoms with Gasteiger partial charge in [-0.05, 0) is 17.0 Å². The quantitative estimate of drug-likeness (QED) is 0.903. The zero-order valence-electron chi connectivity index (χ0n) is 12.8. The van der Waals surface area contributed by atoms with E-state index >= 15 is 0 Å². The molecule has 0 saturated carbocycles. The Morgan fingerprint density at radius 2 is 2.24 bits per heavy atom. The first-order chi connectivity index (χ1) is 10.1. The summed E-state index contributed by atoms with van der Waals surface area (Å²) in [6.45, 7) is 6.92. The van der Waals surface area contributed by atoms with Crippen LogP contribution in [0.3, 0.4) is 0 Å². The fourth-order valence-corrected chi connectivity index (χ4v) is 2.85. The SMILES string of the molecule is CC(C)CN(CCC#N)C(=O)C1CNCc2ccccc21. The Balaban J connectivity index is 2.19. The van der Waals surface area contributed by atoms with E-state index in [1.165, 1.54) is 5.56 Å². The lowest BCUT2D eigenvalue weighted by Gasteiger charge is -2.32. The molecule has 4 nitrogen and oxygen atoms in total. The number of nitriles is 1. The van der Waals surface area contributed by atoms with Gasteiger partial charge in [0.15, 0.2) is 0 Å². The molecule has 0 saturated heterocycles. The molecule has 0 radical (unpaired) electrons. The number of carbonyl (C=O) groups excluding carboxylic acids is 1. The summed E-state index contributed by atoms with van der Waals surface area (Å²) in [4.78, 5) is 14.7. The van der Waals surface area contributed by atoms with Crippen LogP contribution in [0, 0.1) is 17.2 Å². The van der Waals surface area contributed by atoms with Gasteiger partial charge in [0.1, 0.15) is 0 Å².